The largest absolute Gasteiger partial charge is 0.411 e. The summed E-state index contributed by atoms with van der Waals surface area (Å²) in [5, 5.41) is 11.4. The van der Waals surface area contributed by atoms with Gasteiger partial charge in [0.2, 0.25) is 0 Å². The van der Waals surface area contributed by atoms with Gasteiger partial charge in [0.1, 0.15) is 10.8 Å². The molecule has 0 aliphatic carbocycles. The summed E-state index contributed by atoms with van der Waals surface area (Å²) in [5.41, 5.74) is 0.500. The third kappa shape index (κ3) is 2.17. The number of aromatic nitrogens is 1. The molecule has 0 atom stereocenters. The molecule has 0 aromatic carbocycles. The Hall–Kier alpha value is -0.610. The smallest absolute Gasteiger partial charge is 0.129 e. The number of hydrogen-bond donors (Lipinski definition) is 1. The van der Waals surface area contributed by atoms with Crippen molar-refractivity contribution in [2.24, 2.45) is 5.16 Å². The Kier molecular flexibility index (Phi) is 2.84. The summed E-state index contributed by atoms with van der Waals surface area (Å²) in [4.78, 5) is 3.87. The zero-order chi connectivity index (χ0) is 8.27. The second-order valence-corrected chi connectivity index (χ2v) is 2.99. The van der Waals surface area contributed by atoms with E-state index < -0.39 is 0 Å². The molecule has 0 spiro atoms. The molecule has 0 radical (unpaired) electrons. The summed E-state index contributed by atoms with van der Waals surface area (Å²) in [6.07, 6.45) is 1.20. The fourth-order valence-electron chi connectivity index (χ4n) is 0.578. The maximum absolute atomic E-state index is 8.20. The Bertz CT molecular complexity index is 290. The number of halogens is 2. The van der Waals surface area contributed by atoms with Gasteiger partial charge in [-0.1, -0.05) is 16.8 Å². The number of pyridine rings is 1. The monoisotopic (exact) mass is 234 g/mol. The van der Waals surface area contributed by atoms with Gasteiger partial charge in [0.25, 0.3) is 0 Å². The van der Waals surface area contributed by atoms with Gasteiger partial charge in [-0.2, -0.15) is 0 Å². The number of hydrogen-bond acceptors (Lipinski definition) is 3. The van der Waals surface area contributed by atoms with E-state index in [0.29, 0.717) is 10.8 Å². The summed E-state index contributed by atoms with van der Waals surface area (Å²) >= 11 is 8.79. The van der Waals surface area contributed by atoms with Crippen molar-refractivity contribution < 1.29 is 5.21 Å². The van der Waals surface area contributed by atoms with Crippen molar-refractivity contribution in [1.82, 2.24) is 4.98 Å². The van der Waals surface area contributed by atoms with E-state index in [1.165, 1.54) is 6.21 Å². The van der Waals surface area contributed by atoms with Crippen molar-refractivity contribution in [3.8, 4) is 0 Å². The summed E-state index contributed by atoms with van der Waals surface area (Å²) in [6, 6.07) is 3.37. The second-order valence-electron chi connectivity index (χ2n) is 1.75. The van der Waals surface area contributed by atoms with Crippen molar-refractivity contribution in [3.05, 3.63) is 27.5 Å². The first-order chi connectivity index (χ1) is 5.24. The van der Waals surface area contributed by atoms with E-state index in [4.69, 9.17) is 16.8 Å². The highest BCUT2D eigenvalue weighted by Crippen LogP contribution is 2.15. The highest BCUT2D eigenvalue weighted by molar-refractivity contribution is 9.10. The van der Waals surface area contributed by atoms with Crippen LogP contribution in [0, 0.1) is 0 Å². The van der Waals surface area contributed by atoms with Gasteiger partial charge in [-0.3, -0.25) is 0 Å². The lowest BCUT2D eigenvalue weighted by molar-refractivity contribution is 0.321. The molecule has 0 unspecified atom stereocenters. The molecular weight excluding hydrogens is 231 g/mol. The minimum atomic E-state index is 0.364. The molecule has 0 aliphatic heterocycles. The molecule has 0 aliphatic rings. The minimum absolute atomic E-state index is 0.364. The Balaban J connectivity index is 3.12. The third-order valence-electron chi connectivity index (χ3n) is 1.02. The van der Waals surface area contributed by atoms with E-state index in [-0.39, 0.29) is 0 Å². The SMILES string of the molecule is O/N=C/c1nc(Cl)ccc1Br. The second kappa shape index (κ2) is 3.69. The molecule has 0 saturated carbocycles. The molecule has 1 N–H and O–H groups in total. The Morgan fingerprint density at radius 1 is 1.64 bits per heavy atom. The number of nitrogens with zero attached hydrogens (tertiary/aromatic N) is 2. The van der Waals surface area contributed by atoms with Crippen LogP contribution >= 0.6 is 27.5 Å². The van der Waals surface area contributed by atoms with Gasteiger partial charge in [-0.05, 0) is 28.1 Å². The summed E-state index contributed by atoms with van der Waals surface area (Å²) in [6.45, 7) is 0. The van der Waals surface area contributed by atoms with Crippen LogP contribution in [0.2, 0.25) is 5.15 Å². The van der Waals surface area contributed by atoms with Gasteiger partial charge in [-0.25, -0.2) is 4.98 Å². The molecule has 1 rings (SSSR count). The van der Waals surface area contributed by atoms with E-state index >= 15 is 0 Å². The zero-order valence-corrected chi connectivity index (χ0v) is 7.67. The molecule has 3 nitrogen and oxygen atoms in total. The Labute approximate surface area is 76.8 Å². The highest BCUT2D eigenvalue weighted by Gasteiger charge is 1.98. The molecule has 1 aromatic heterocycles. The molecule has 0 saturated heterocycles. The first kappa shape index (κ1) is 8.49. The van der Waals surface area contributed by atoms with E-state index in [9.17, 15) is 0 Å². The van der Waals surface area contributed by atoms with Crippen LogP contribution in [0.1, 0.15) is 5.69 Å². The molecular formula is C6H4BrClN2O. The lowest BCUT2D eigenvalue weighted by Crippen LogP contribution is -1.88. The summed E-state index contributed by atoms with van der Waals surface area (Å²) in [5.74, 6) is 0. The lowest BCUT2D eigenvalue weighted by Gasteiger charge is -1.95. The van der Waals surface area contributed by atoms with E-state index in [1.807, 2.05) is 0 Å². The van der Waals surface area contributed by atoms with Crippen molar-refractivity contribution in [2.45, 2.75) is 0 Å². The van der Waals surface area contributed by atoms with Gasteiger partial charge in [-0.15, -0.1) is 0 Å². The van der Waals surface area contributed by atoms with Crippen molar-refractivity contribution in [3.63, 3.8) is 0 Å². The van der Waals surface area contributed by atoms with Crippen LogP contribution in [0.3, 0.4) is 0 Å². The zero-order valence-electron chi connectivity index (χ0n) is 5.33. The maximum Gasteiger partial charge on any atom is 0.129 e. The number of rotatable bonds is 1. The fourth-order valence-corrected chi connectivity index (χ4v) is 1.06. The average molecular weight is 235 g/mol. The predicted molar refractivity (Wildman–Crippen MR) is 46.3 cm³/mol. The first-order valence-electron chi connectivity index (χ1n) is 2.73. The molecule has 0 amide bonds. The van der Waals surface area contributed by atoms with Gasteiger partial charge >= 0.3 is 0 Å². The standard InChI is InChI=1S/C6H4BrClN2O/c7-4-1-2-6(8)10-5(4)3-9-11/h1-3,11H/b9-3+. The molecule has 11 heavy (non-hydrogen) atoms. The molecule has 1 heterocycles. The van der Waals surface area contributed by atoms with Crippen molar-refractivity contribution in [2.75, 3.05) is 0 Å². The van der Waals surface area contributed by atoms with E-state index in [2.05, 4.69) is 26.1 Å². The van der Waals surface area contributed by atoms with Crippen LogP contribution in [0.25, 0.3) is 0 Å². The van der Waals surface area contributed by atoms with Gasteiger partial charge in [0.15, 0.2) is 0 Å². The molecule has 0 bridgehead atoms. The van der Waals surface area contributed by atoms with Gasteiger partial charge in [0, 0.05) is 4.47 Å². The Morgan fingerprint density at radius 2 is 2.36 bits per heavy atom. The third-order valence-corrected chi connectivity index (χ3v) is 1.90. The summed E-state index contributed by atoms with van der Waals surface area (Å²) < 4.78 is 0.736. The van der Waals surface area contributed by atoms with Crippen molar-refractivity contribution in [1.29, 1.82) is 0 Å². The quantitative estimate of drug-likeness (QED) is 0.351. The van der Waals surface area contributed by atoms with Crippen LogP contribution in [0.4, 0.5) is 0 Å². The van der Waals surface area contributed by atoms with Crippen LogP contribution in [0.5, 0.6) is 0 Å². The van der Waals surface area contributed by atoms with Crippen LogP contribution in [-0.4, -0.2) is 16.4 Å². The van der Waals surface area contributed by atoms with E-state index in [0.717, 1.165) is 4.47 Å². The normalized spacial score (nSPS) is 10.7. The van der Waals surface area contributed by atoms with Gasteiger partial charge in [0.05, 0.1) is 6.21 Å². The summed E-state index contributed by atoms with van der Waals surface area (Å²) in [7, 11) is 0. The molecule has 0 fully saturated rings. The predicted octanol–water partition coefficient (Wildman–Crippen LogP) is 2.31. The highest BCUT2D eigenvalue weighted by atomic mass is 79.9. The average Bonchev–Trinajstić information content (AvgIpc) is 1.98. The maximum atomic E-state index is 8.20. The lowest BCUT2D eigenvalue weighted by atomic mass is 10.4. The van der Waals surface area contributed by atoms with Crippen LogP contribution in [0.15, 0.2) is 21.8 Å². The van der Waals surface area contributed by atoms with E-state index in [1.54, 1.807) is 12.1 Å². The minimum Gasteiger partial charge on any atom is -0.411 e. The first-order valence-corrected chi connectivity index (χ1v) is 3.90. The van der Waals surface area contributed by atoms with Crippen LogP contribution in [-0.2, 0) is 0 Å². The molecule has 5 heteroatoms. The topological polar surface area (TPSA) is 45.5 Å². The van der Waals surface area contributed by atoms with Crippen LogP contribution < -0.4 is 0 Å². The fraction of sp³-hybridized carbons (Fsp3) is 0. The van der Waals surface area contributed by atoms with Crippen molar-refractivity contribution >= 4 is 33.7 Å². The van der Waals surface area contributed by atoms with Gasteiger partial charge < -0.3 is 5.21 Å². The molecule has 58 valence electrons. The number of oxime groups is 1. The molecule has 1 aromatic rings. The Morgan fingerprint density at radius 3 is 3.00 bits per heavy atom.